The van der Waals surface area contributed by atoms with Crippen LogP contribution in [0.25, 0.3) is 0 Å². The fraction of sp³-hybridized carbons (Fsp3) is 0.625. The summed E-state index contributed by atoms with van der Waals surface area (Å²) in [5.41, 5.74) is 2.88. The van der Waals surface area contributed by atoms with Crippen molar-refractivity contribution in [2.45, 2.75) is 51.2 Å². The van der Waals surface area contributed by atoms with Crippen LogP contribution >= 0.6 is 0 Å². The van der Waals surface area contributed by atoms with Crippen LogP contribution in [0.3, 0.4) is 0 Å². The Labute approximate surface area is 111 Å². The summed E-state index contributed by atoms with van der Waals surface area (Å²) in [5, 5.41) is 3.52. The van der Waals surface area contributed by atoms with Gasteiger partial charge in [-0.2, -0.15) is 0 Å². The van der Waals surface area contributed by atoms with Gasteiger partial charge in [-0.3, -0.25) is 0 Å². The van der Waals surface area contributed by atoms with E-state index in [0.717, 1.165) is 13.1 Å². The van der Waals surface area contributed by atoms with Crippen LogP contribution in [0.15, 0.2) is 24.3 Å². The highest BCUT2D eigenvalue weighted by Crippen LogP contribution is 2.34. The Hall–Kier alpha value is -0.860. The number of benzene rings is 1. The summed E-state index contributed by atoms with van der Waals surface area (Å²) in [6, 6.07) is 8.92. The molecule has 0 amide bonds. The van der Waals surface area contributed by atoms with Crippen LogP contribution in [0.2, 0.25) is 0 Å². The molecule has 1 aliphatic rings. The summed E-state index contributed by atoms with van der Waals surface area (Å²) in [4.78, 5) is 0. The number of methoxy groups -OCH3 is 1. The molecule has 0 bridgehead atoms. The molecule has 0 heterocycles. The predicted octanol–water partition coefficient (Wildman–Crippen LogP) is 3.47. The van der Waals surface area contributed by atoms with Crippen molar-refractivity contribution in [3.05, 3.63) is 35.4 Å². The second-order valence-corrected chi connectivity index (χ2v) is 5.74. The SMILES string of the molecule is COC1(CNCc2ccc(C(C)C)cc2)CCC1. The second-order valence-electron chi connectivity index (χ2n) is 5.74. The zero-order valence-electron chi connectivity index (χ0n) is 11.8. The molecule has 2 nitrogen and oxygen atoms in total. The summed E-state index contributed by atoms with van der Waals surface area (Å²) in [5.74, 6) is 0.610. The maximum absolute atomic E-state index is 5.60. The van der Waals surface area contributed by atoms with Crippen molar-refractivity contribution in [2.75, 3.05) is 13.7 Å². The molecule has 1 aliphatic carbocycles. The van der Waals surface area contributed by atoms with Crippen LogP contribution in [-0.2, 0) is 11.3 Å². The van der Waals surface area contributed by atoms with Gasteiger partial charge in [0.1, 0.15) is 0 Å². The average Bonchev–Trinajstić information content (AvgIpc) is 2.33. The van der Waals surface area contributed by atoms with Crippen LogP contribution in [0.5, 0.6) is 0 Å². The molecular formula is C16H25NO. The zero-order valence-corrected chi connectivity index (χ0v) is 11.8. The molecule has 1 fully saturated rings. The third kappa shape index (κ3) is 3.12. The monoisotopic (exact) mass is 247 g/mol. The minimum atomic E-state index is 0.123. The molecule has 18 heavy (non-hydrogen) atoms. The van der Waals surface area contributed by atoms with Gasteiger partial charge in [-0.1, -0.05) is 38.1 Å². The van der Waals surface area contributed by atoms with Gasteiger partial charge in [0, 0.05) is 20.2 Å². The minimum absolute atomic E-state index is 0.123. The molecule has 100 valence electrons. The first kappa shape index (κ1) is 13.6. The summed E-state index contributed by atoms with van der Waals surface area (Å²) in [7, 11) is 1.83. The molecule has 1 saturated carbocycles. The van der Waals surface area contributed by atoms with Gasteiger partial charge in [0.25, 0.3) is 0 Å². The molecule has 2 rings (SSSR count). The number of nitrogens with one attached hydrogen (secondary N) is 1. The smallest absolute Gasteiger partial charge is 0.0802 e. The van der Waals surface area contributed by atoms with E-state index in [1.54, 1.807) is 0 Å². The Morgan fingerprint density at radius 1 is 1.22 bits per heavy atom. The Balaban J connectivity index is 1.79. The van der Waals surface area contributed by atoms with Gasteiger partial charge in [-0.25, -0.2) is 0 Å². The lowest BCUT2D eigenvalue weighted by atomic mass is 9.80. The van der Waals surface area contributed by atoms with E-state index < -0.39 is 0 Å². The predicted molar refractivity (Wildman–Crippen MR) is 75.8 cm³/mol. The van der Waals surface area contributed by atoms with E-state index >= 15 is 0 Å². The van der Waals surface area contributed by atoms with E-state index in [9.17, 15) is 0 Å². The summed E-state index contributed by atoms with van der Waals surface area (Å²) in [6.07, 6.45) is 3.70. The third-order valence-electron chi connectivity index (χ3n) is 4.12. The van der Waals surface area contributed by atoms with Gasteiger partial charge >= 0.3 is 0 Å². The first-order chi connectivity index (χ1) is 8.65. The van der Waals surface area contributed by atoms with E-state index in [1.807, 2.05) is 7.11 Å². The van der Waals surface area contributed by atoms with Crippen molar-refractivity contribution in [3.8, 4) is 0 Å². The fourth-order valence-electron chi connectivity index (χ4n) is 2.48. The fourth-order valence-corrected chi connectivity index (χ4v) is 2.48. The Bertz CT molecular complexity index is 360. The van der Waals surface area contributed by atoms with Crippen LogP contribution in [0, 0.1) is 0 Å². The van der Waals surface area contributed by atoms with Crippen molar-refractivity contribution >= 4 is 0 Å². The topological polar surface area (TPSA) is 21.3 Å². The molecule has 0 atom stereocenters. The molecule has 1 aromatic rings. The van der Waals surface area contributed by atoms with E-state index in [2.05, 4.69) is 43.4 Å². The first-order valence-corrected chi connectivity index (χ1v) is 7.00. The number of rotatable bonds is 6. The van der Waals surface area contributed by atoms with Crippen molar-refractivity contribution in [1.82, 2.24) is 5.32 Å². The molecule has 0 radical (unpaired) electrons. The summed E-state index contributed by atoms with van der Waals surface area (Å²) in [6.45, 7) is 6.36. The normalized spacial score (nSPS) is 17.8. The maximum atomic E-state index is 5.60. The van der Waals surface area contributed by atoms with Gasteiger partial charge in [0.05, 0.1) is 5.60 Å². The highest BCUT2D eigenvalue weighted by atomic mass is 16.5. The molecule has 1 aromatic carbocycles. The average molecular weight is 247 g/mol. The molecule has 2 heteroatoms. The standard InChI is InChI=1S/C16H25NO/c1-13(2)15-7-5-14(6-8-15)11-17-12-16(18-3)9-4-10-16/h5-8,13,17H,4,9-12H2,1-3H3. The van der Waals surface area contributed by atoms with E-state index in [0.29, 0.717) is 5.92 Å². The van der Waals surface area contributed by atoms with Crippen LogP contribution in [0.1, 0.15) is 50.2 Å². The Kier molecular flexibility index (Phi) is 4.41. The highest BCUT2D eigenvalue weighted by Gasteiger charge is 2.36. The summed E-state index contributed by atoms with van der Waals surface area (Å²) >= 11 is 0. The minimum Gasteiger partial charge on any atom is -0.377 e. The molecule has 0 spiro atoms. The number of hydrogen-bond donors (Lipinski definition) is 1. The highest BCUT2D eigenvalue weighted by molar-refractivity contribution is 5.24. The van der Waals surface area contributed by atoms with Gasteiger partial charge in [-0.05, 0) is 36.3 Å². The van der Waals surface area contributed by atoms with Crippen LogP contribution in [0.4, 0.5) is 0 Å². The maximum Gasteiger partial charge on any atom is 0.0802 e. The van der Waals surface area contributed by atoms with Crippen molar-refractivity contribution in [1.29, 1.82) is 0 Å². The second kappa shape index (κ2) is 5.85. The van der Waals surface area contributed by atoms with E-state index in [1.165, 1.54) is 30.4 Å². The number of ether oxygens (including phenoxy) is 1. The lowest BCUT2D eigenvalue weighted by Crippen LogP contribution is -2.47. The van der Waals surface area contributed by atoms with E-state index in [-0.39, 0.29) is 5.60 Å². The summed E-state index contributed by atoms with van der Waals surface area (Å²) < 4.78 is 5.60. The molecule has 0 aliphatic heterocycles. The Morgan fingerprint density at radius 2 is 1.89 bits per heavy atom. The quantitative estimate of drug-likeness (QED) is 0.831. The number of hydrogen-bond acceptors (Lipinski definition) is 2. The molecular weight excluding hydrogens is 222 g/mol. The lowest BCUT2D eigenvalue weighted by molar-refractivity contribution is -0.0695. The van der Waals surface area contributed by atoms with E-state index in [4.69, 9.17) is 4.74 Å². The largest absolute Gasteiger partial charge is 0.377 e. The van der Waals surface area contributed by atoms with Crippen LogP contribution < -0.4 is 5.32 Å². The van der Waals surface area contributed by atoms with Gasteiger partial charge in [0.2, 0.25) is 0 Å². The van der Waals surface area contributed by atoms with Gasteiger partial charge in [-0.15, -0.1) is 0 Å². The van der Waals surface area contributed by atoms with Gasteiger partial charge in [0.15, 0.2) is 0 Å². The van der Waals surface area contributed by atoms with Crippen LogP contribution in [-0.4, -0.2) is 19.3 Å². The molecule has 1 N–H and O–H groups in total. The lowest BCUT2D eigenvalue weighted by Gasteiger charge is -2.40. The van der Waals surface area contributed by atoms with Gasteiger partial charge < -0.3 is 10.1 Å². The molecule has 0 unspecified atom stereocenters. The first-order valence-electron chi connectivity index (χ1n) is 7.00. The van der Waals surface area contributed by atoms with Crippen molar-refractivity contribution in [3.63, 3.8) is 0 Å². The molecule has 0 saturated heterocycles. The molecule has 0 aromatic heterocycles. The van der Waals surface area contributed by atoms with Crippen molar-refractivity contribution < 1.29 is 4.74 Å². The Morgan fingerprint density at radius 3 is 2.33 bits per heavy atom. The van der Waals surface area contributed by atoms with Crippen molar-refractivity contribution in [2.24, 2.45) is 0 Å². The third-order valence-corrected chi connectivity index (χ3v) is 4.12. The zero-order chi connectivity index (χ0) is 13.0.